The van der Waals surface area contributed by atoms with E-state index in [9.17, 15) is 15.3 Å². The highest BCUT2D eigenvalue weighted by molar-refractivity contribution is 4.90. The predicted octanol–water partition coefficient (Wildman–Crippen LogP) is 3.31. The fraction of sp³-hybridized carbons (Fsp3) is 0.900. The smallest absolute Gasteiger partial charge is 0.149 e. The van der Waals surface area contributed by atoms with Gasteiger partial charge in [-0.05, 0) is 18.9 Å². The largest absolute Gasteiger partial charge is 0.493 e. The quantitative estimate of drug-likeness (QED) is 0.309. The van der Waals surface area contributed by atoms with Gasteiger partial charge in [-0.1, -0.05) is 64.7 Å². The number of allylic oxidation sites excluding steroid dienone is 1. The van der Waals surface area contributed by atoms with Crippen molar-refractivity contribution in [3.63, 3.8) is 0 Å². The van der Waals surface area contributed by atoms with E-state index in [-0.39, 0.29) is 13.2 Å². The van der Waals surface area contributed by atoms with Gasteiger partial charge in [-0.25, -0.2) is 0 Å². The lowest BCUT2D eigenvalue weighted by Crippen LogP contribution is -2.41. The van der Waals surface area contributed by atoms with Gasteiger partial charge in [0.1, 0.15) is 24.4 Å². The number of hydrogen-bond acceptors (Lipinski definition) is 5. The number of unbranched alkanes of at least 4 members (excludes halogenated alkanes) is 10. The Labute approximate surface area is 153 Å². The molecule has 1 rings (SSSR count). The minimum atomic E-state index is -1.01. The second-order valence-corrected chi connectivity index (χ2v) is 7.06. The molecular formula is C20H38O5. The topological polar surface area (TPSA) is 79.2 Å². The molecule has 25 heavy (non-hydrogen) atoms. The van der Waals surface area contributed by atoms with Crippen molar-refractivity contribution in [2.45, 2.75) is 102 Å². The van der Waals surface area contributed by atoms with Crippen LogP contribution in [0.4, 0.5) is 0 Å². The Kier molecular flexibility index (Phi) is 13.0. The first kappa shape index (κ1) is 22.4. The third-order valence-electron chi connectivity index (χ3n) is 4.81. The van der Waals surface area contributed by atoms with Crippen molar-refractivity contribution in [3.8, 4) is 0 Å². The molecule has 0 aromatic rings. The van der Waals surface area contributed by atoms with Crippen molar-refractivity contribution in [3.05, 3.63) is 12.3 Å². The number of ether oxygens (including phenoxy) is 2. The molecule has 0 saturated carbocycles. The Morgan fingerprint density at radius 3 is 2.12 bits per heavy atom. The summed E-state index contributed by atoms with van der Waals surface area (Å²) in [5.41, 5.74) is 0. The van der Waals surface area contributed by atoms with Crippen molar-refractivity contribution in [2.75, 3.05) is 13.2 Å². The Hall–Kier alpha value is -0.620. The van der Waals surface area contributed by atoms with Crippen LogP contribution in [-0.4, -0.2) is 52.9 Å². The fourth-order valence-electron chi connectivity index (χ4n) is 3.15. The normalized spacial score (nSPS) is 24.9. The first-order valence-electron chi connectivity index (χ1n) is 10.1. The van der Waals surface area contributed by atoms with Crippen LogP contribution in [0.3, 0.4) is 0 Å². The molecule has 0 radical (unpaired) electrons. The van der Waals surface area contributed by atoms with Gasteiger partial charge in [0.05, 0.1) is 19.5 Å². The van der Waals surface area contributed by atoms with E-state index < -0.39 is 24.4 Å². The van der Waals surface area contributed by atoms with Gasteiger partial charge < -0.3 is 24.8 Å². The first-order chi connectivity index (χ1) is 12.2. The molecule has 1 aliphatic heterocycles. The van der Waals surface area contributed by atoms with E-state index in [1.54, 1.807) is 6.26 Å². The zero-order valence-corrected chi connectivity index (χ0v) is 15.8. The molecule has 0 unspecified atom stereocenters. The van der Waals surface area contributed by atoms with Gasteiger partial charge in [-0.3, -0.25) is 0 Å². The second kappa shape index (κ2) is 14.5. The molecule has 5 heteroatoms. The van der Waals surface area contributed by atoms with E-state index in [0.717, 1.165) is 12.8 Å². The van der Waals surface area contributed by atoms with E-state index >= 15 is 0 Å². The highest BCUT2D eigenvalue weighted by atomic mass is 16.6. The molecule has 1 heterocycles. The van der Waals surface area contributed by atoms with Crippen LogP contribution in [0.25, 0.3) is 0 Å². The summed E-state index contributed by atoms with van der Waals surface area (Å²) in [6.07, 6.45) is 14.4. The summed E-state index contributed by atoms with van der Waals surface area (Å²) in [6.45, 7) is 2.07. The van der Waals surface area contributed by atoms with Gasteiger partial charge in [0, 0.05) is 0 Å². The maximum atomic E-state index is 9.77. The molecule has 0 aromatic heterocycles. The van der Waals surface area contributed by atoms with Crippen LogP contribution in [-0.2, 0) is 9.47 Å². The third kappa shape index (κ3) is 9.59. The van der Waals surface area contributed by atoms with Crippen LogP contribution >= 0.6 is 0 Å². The summed E-state index contributed by atoms with van der Waals surface area (Å²) in [5, 5.41) is 28.6. The number of rotatable bonds is 15. The molecule has 1 fully saturated rings. The van der Waals surface area contributed by atoms with E-state index in [2.05, 4.69) is 6.92 Å². The number of hydrogen-bond donors (Lipinski definition) is 3. The highest BCUT2D eigenvalue weighted by Crippen LogP contribution is 2.19. The SMILES string of the molecule is CCCCCCCCCCCC/C=C/O[C@H](CO)[C@H]1OC[C@H](O)[C@H]1O. The highest BCUT2D eigenvalue weighted by Gasteiger charge is 2.40. The third-order valence-corrected chi connectivity index (χ3v) is 4.81. The summed E-state index contributed by atoms with van der Waals surface area (Å²) >= 11 is 0. The molecule has 0 amide bonds. The predicted molar refractivity (Wildman–Crippen MR) is 99.3 cm³/mol. The van der Waals surface area contributed by atoms with Gasteiger partial charge in [-0.2, -0.15) is 0 Å². The van der Waals surface area contributed by atoms with E-state index in [1.165, 1.54) is 57.8 Å². The van der Waals surface area contributed by atoms with Crippen LogP contribution in [0.2, 0.25) is 0 Å². The van der Waals surface area contributed by atoms with Crippen LogP contribution in [0.15, 0.2) is 12.3 Å². The summed E-state index contributed by atoms with van der Waals surface area (Å²) in [7, 11) is 0. The molecule has 0 bridgehead atoms. The van der Waals surface area contributed by atoms with Crippen molar-refractivity contribution >= 4 is 0 Å². The van der Waals surface area contributed by atoms with E-state index in [0.29, 0.717) is 0 Å². The van der Waals surface area contributed by atoms with Gasteiger partial charge in [0.15, 0.2) is 0 Å². The van der Waals surface area contributed by atoms with Crippen LogP contribution < -0.4 is 0 Å². The molecule has 0 aliphatic carbocycles. The molecule has 148 valence electrons. The van der Waals surface area contributed by atoms with Gasteiger partial charge in [-0.15, -0.1) is 0 Å². The Morgan fingerprint density at radius 1 is 1.00 bits per heavy atom. The molecular weight excluding hydrogens is 320 g/mol. The second-order valence-electron chi connectivity index (χ2n) is 7.06. The molecule has 0 spiro atoms. The summed E-state index contributed by atoms with van der Waals surface area (Å²) in [5.74, 6) is 0. The van der Waals surface area contributed by atoms with Crippen LogP contribution in [0, 0.1) is 0 Å². The zero-order chi connectivity index (χ0) is 18.3. The molecule has 1 aliphatic rings. The monoisotopic (exact) mass is 358 g/mol. The maximum Gasteiger partial charge on any atom is 0.149 e. The van der Waals surface area contributed by atoms with Crippen LogP contribution in [0.5, 0.6) is 0 Å². The van der Waals surface area contributed by atoms with Gasteiger partial charge in [0.25, 0.3) is 0 Å². The average Bonchev–Trinajstić information content (AvgIpc) is 2.95. The maximum absolute atomic E-state index is 9.77. The van der Waals surface area contributed by atoms with E-state index in [1.807, 2.05) is 6.08 Å². The number of aliphatic hydroxyl groups is 3. The van der Waals surface area contributed by atoms with Crippen molar-refractivity contribution < 1.29 is 24.8 Å². The Bertz CT molecular complexity index is 334. The number of aliphatic hydroxyl groups excluding tert-OH is 3. The van der Waals surface area contributed by atoms with E-state index in [4.69, 9.17) is 9.47 Å². The molecule has 5 nitrogen and oxygen atoms in total. The Morgan fingerprint density at radius 2 is 1.60 bits per heavy atom. The average molecular weight is 359 g/mol. The molecule has 4 atom stereocenters. The molecule has 1 saturated heterocycles. The van der Waals surface area contributed by atoms with Gasteiger partial charge in [0.2, 0.25) is 0 Å². The Balaban J connectivity index is 1.97. The van der Waals surface area contributed by atoms with Crippen molar-refractivity contribution in [2.24, 2.45) is 0 Å². The minimum Gasteiger partial charge on any atom is -0.493 e. The summed E-state index contributed by atoms with van der Waals surface area (Å²) in [4.78, 5) is 0. The first-order valence-corrected chi connectivity index (χ1v) is 10.1. The lowest BCUT2D eigenvalue weighted by Gasteiger charge is -2.23. The van der Waals surface area contributed by atoms with Crippen molar-refractivity contribution in [1.82, 2.24) is 0 Å². The zero-order valence-electron chi connectivity index (χ0n) is 15.8. The summed E-state index contributed by atoms with van der Waals surface area (Å²) in [6, 6.07) is 0. The standard InChI is InChI=1S/C20H38O5/c1-2-3-4-5-6-7-8-9-10-11-12-13-14-24-18(15-21)20-19(23)17(22)16-25-20/h13-14,17-23H,2-12,15-16H2,1H3/b14-13+/t17-,18+,19+,20+/m0/s1. The van der Waals surface area contributed by atoms with Crippen LogP contribution in [0.1, 0.15) is 77.6 Å². The van der Waals surface area contributed by atoms with Crippen molar-refractivity contribution in [1.29, 1.82) is 0 Å². The molecule has 0 aromatic carbocycles. The lowest BCUT2D eigenvalue weighted by atomic mass is 10.1. The molecule has 3 N–H and O–H groups in total. The fourth-order valence-corrected chi connectivity index (χ4v) is 3.15. The van der Waals surface area contributed by atoms with Gasteiger partial charge >= 0.3 is 0 Å². The summed E-state index contributed by atoms with van der Waals surface area (Å²) < 4.78 is 10.7. The lowest BCUT2D eigenvalue weighted by molar-refractivity contribution is -0.0737. The minimum absolute atomic E-state index is 0.0774.